The smallest absolute Gasteiger partial charge is 0.191 e. The molecular formula is C18H31N3O2. The van der Waals surface area contributed by atoms with Gasteiger partial charge in [0.15, 0.2) is 5.96 Å². The largest absolute Gasteiger partial charge is 0.389 e. The number of ether oxygens (including phenoxy) is 1. The normalized spacial score (nSPS) is 12.9. The maximum Gasteiger partial charge on any atom is 0.191 e. The van der Waals surface area contributed by atoms with Crippen molar-refractivity contribution in [2.24, 2.45) is 4.99 Å². The molecule has 0 aliphatic rings. The molecule has 1 aromatic carbocycles. The van der Waals surface area contributed by atoms with Crippen molar-refractivity contribution in [1.82, 2.24) is 10.6 Å². The quantitative estimate of drug-likeness (QED) is 0.332. The van der Waals surface area contributed by atoms with Crippen LogP contribution in [-0.2, 0) is 11.3 Å². The minimum absolute atomic E-state index is 0.285. The SMILES string of the molecule is CCCCCNC(=NCC(O)COCc1ccccc1)NCC. The van der Waals surface area contributed by atoms with E-state index in [0.717, 1.165) is 31.0 Å². The van der Waals surface area contributed by atoms with Gasteiger partial charge in [0.25, 0.3) is 0 Å². The Morgan fingerprint density at radius 3 is 2.65 bits per heavy atom. The number of hydrogen-bond donors (Lipinski definition) is 3. The Labute approximate surface area is 140 Å². The van der Waals surface area contributed by atoms with E-state index in [1.165, 1.54) is 12.8 Å². The molecule has 0 heterocycles. The fourth-order valence-electron chi connectivity index (χ4n) is 2.06. The average molecular weight is 321 g/mol. The van der Waals surface area contributed by atoms with Gasteiger partial charge >= 0.3 is 0 Å². The molecule has 130 valence electrons. The first-order chi connectivity index (χ1) is 11.3. The topological polar surface area (TPSA) is 65.9 Å². The molecule has 5 nitrogen and oxygen atoms in total. The van der Waals surface area contributed by atoms with Gasteiger partial charge in [-0.15, -0.1) is 0 Å². The first kappa shape index (κ1) is 19.5. The summed E-state index contributed by atoms with van der Waals surface area (Å²) in [6.45, 7) is 7.05. The Kier molecular flexibility index (Phi) is 10.9. The van der Waals surface area contributed by atoms with Crippen LogP contribution in [-0.4, -0.2) is 43.4 Å². The standard InChI is InChI=1S/C18H31N3O2/c1-3-5-9-12-20-18(19-4-2)21-13-17(22)15-23-14-16-10-7-6-8-11-16/h6-8,10-11,17,22H,3-5,9,12-15H2,1-2H3,(H2,19,20,21). The van der Waals surface area contributed by atoms with Crippen LogP contribution in [0.15, 0.2) is 35.3 Å². The van der Waals surface area contributed by atoms with E-state index >= 15 is 0 Å². The summed E-state index contributed by atoms with van der Waals surface area (Å²) in [4.78, 5) is 4.40. The summed E-state index contributed by atoms with van der Waals surface area (Å²) in [6.07, 6.45) is 2.95. The lowest BCUT2D eigenvalue weighted by molar-refractivity contribution is 0.0331. The summed E-state index contributed by atoms with van der Waals surface area (Å²) < 4.78 is 5.53. The van der Waals surface area contributed by atoms with Crippen LogP contribution < -0.4 is 10.6 Å². The van der Waals surface area contributed by atoms with Gasteiger partial charge in [-0.2, -0.15) is 0 Å². The lowest BCUT2D eigenvalue weighted by Crippen LogP contribution is -2.38. The predicted molar refractivity (Wildman–Crippen MR) is 95.6 cm³/mol. The average Bonchev–Trinajstić information content (AvgIpc) is 2.57. The third-order valence-electron chi connectivity index (χ3n) is 3.30. The Morgan fingerprint density at radius 2 is 1.96 bits per heavy atom. The Morgan fingerprint density at radius 1 is 1.17 bits per heavy atom. The molecule has 3 N–H and O–H groups in total. The van der Waals surface area contributed by atoms with Crippen LogP contribution in [0.1, 0.15) is 38.7 Å². The molecule has 1 rings (SSSR count). The first-order valence-corrected chi connectivity index (χ1v) is 8.58. The molecule has 0 saturated heterocycles. The highest BCUT2D eigenvalue weighted by molar-refractivity contribution is 5.79. The molecule has 0 aromatic heterocycles. The van der Waals surface area contributed by atoms with Crippen LogP contribution >= 0.6 is 0 Å². The van der Waals surface area contributed by atoms with Crippen LogP contribution in [0.25, 0.3) is 0 Å². The minimum atomic E-state index is -0.593. The van der Waals surface area contributed by atoms with Gasteiger partial charge in [0.05, 0.1) is 25.9 Å². The van der Waals surface area contributed by atoms with Crippen molar-refractivity contribution in [3.63, 3.8) is 0 Å². The maximum absolute atomic E-state index is 9.97. The zero-order chi connectivity index (χ0) is 16.8. The molecule has 0 bridgehead atoms. The molecular weight excluding hydrogens is 290 g/mol. The summed E-state index contributed by atoms with van der Waals surface area (Å²) in [5, 5.41) is 16.4. The van der Waals surface area contributed by atoms with E-state index in [0.29, 0.717) is 13.2 Å². The van der Waals surface area contributed by atoms with Gasteiger partial charge in [-0.1, -0.05) is 50.1 Å². The van der Waals surface area contributed by atoms with Gasteiger partial charge in [-0.05, 0) is 18.9 Å². The molecule has 1 aromatic rings. The lowest BCUT2D eigenvalue weighted by Gasteiger charge is -2.13. The number of aliphatic hydroxyl groups is 1. The second-order valence-electron chi connectivity index (χ2n) is 5.51. The molecule has 5 heteroatoms. The Hall–Kier alpha value is -1.59. The number of nitrogens with one attached hydrogen (secondary N) is 2. The van der Waals surface area contributed by atoms with Gasteiger partial charge in [0, 0.05) is 13.1 Å². The maximum atomic E-state index is 9.97. The van der Waals surface area contributed by atoms with E-state index in [9.17, 15) is 5.11 Å². The number of unbranched alkanes of at least 4 members (excludes halogenated alkanes) is 2. The molecule has 0 aliphatic carbocycles. The van der Waals surface area contributed by atoms with E-state index < -0.39 is 6.10 Å². The third kappa shape index (κ3) is 9.92. The molecule has 23 heavy (non-hydrogen) atoms. The Balaban J connectivity index is 2.24. The van der Waals surface area contributed by atoms with Gasteiger partial charge < -0.3 is 20.5 Å². The van der Waals surface area contributed by atoms with Gasteiger partial charge in [0.1, 0.15) is 0 Å². The van der Waals surface area contributed by atoms with E-state index in [-0.39, 0.29) is 6.61 Å². The fourth-order valence-corrected chi connectivity index (χ4v) is 2.06. The zero-order valence-electron chi connectivity index (χ0n) is 14.4. The van der Waals surface area contributed by atoms with E-state index in [1.54, 1.807) is 0 Å². The number of aliphatic imine (C=N–C) groups is 1. The first-order valence-electron chi connectivity index (χ1n) is 8.58. The van der Waals surface area contributed by atoms with Crippen molar-refractivity contribution >= 4 is 5.96 Å². The number of guanidine groups is 1. The fraction of sp³-hybridized carbons (Fsp3) is 0.611. The van der Waals surface area contributed by atoms with Crippen LogP contribution in [0.2, 0.25) is 0 Å². The van der Waals surface area contributed by atoms with Crippen LogP contribution in [0.4, 0.5) is 0 Å². The van der Waals surface area contributed by atoms with Gasteiger partial charge in [0.2, 0.25) is 0 Å². The molecule has 0 saturated carbocycles. The second kappa shape index (κ2) is 12.9. The predicted octanol–water partition coefficient (Wildman–Crippen LogP) is 2.31. The van der Waals surface area contributed by atoms with E-state index in [1.807, 2.05) is 37.3 Å². The third-order valence-corrected chi connectivity index (χ3v) is 3.30. The van der Waals surface area contributed by atoms with E-state index in [4.69, 9.17) is 4.74 Å². The van der Waals surface area contributed by atoms with Crippen molar-refractivity contribution in [2.75, 3.05) is 26.2 Å². The van der Waals surface area contributed by atoms with Crippen LogP contribution in [0.5, 0.6) is 0 Å². The highest BCUT2D eigenvalue weighted by atomic mass is 16.5. The molecule has 1 atom stereocenters. The molecule has 0 amide bonds. The second-order valence-corrected chi connectivity index (χ2v) is 5.51. The number of benzene rings is 1. The van der Waals surface area contributed by atoms with Crippen LogP contribution in [0.3, 0.4) is 0 Å². The zero-order valence-corrected chi connectivity index (χ0v) is 14.4. The summed E-state index contributed by atoms with van der Waals surface area (Å²) >= 11 is 0. The van der Waals surface area contributed by atoms with Crippen molar-refractivity contribution in [1.29, 1.82) is 0 Å². The molecule has 0 radical (unpaired) electrons. The molecule has 1 unspecified atom stereocenters. The monoisotopic (exact) mass is 321 g/mol. The molecule has 0 spiro atoms. The lowest BCUT2D eigenvalue weighted by atomic mass is 10.2. The highest BCUT2D eigenvalue weighted by Crippen LogP contribution is 2.01. The molecule has 0 fully saturated rings. The summed E-state index contributed by atoms with van der Waals surface area (Å²) in [5.74, 6) is 0.755. The summed E-state index contributed by atoms with van der Waals surface area (Å²) in [5.41, 5.74) is 1.11. The molecule has 0 aliphatic heterocycles. The number of nitrogens with zero attached hydrogens (tertiary/aromatic N) is 1. The summed E-state index contributed by atoms with van der Waals surface area (Å²) in [7, 11) is 0. The van der Waals surface area contributed by atoms with Crippen molar-refractivity contribution in [2.45, 2.75) is 45.8 Å². The van der Waals surface area contributed by atoms with Crippen molar-refractivity contribution in [3.05, 3.63) is 35.9 Å². The number of rotatable bonds is 11. The van der Waals surface area contributed by atoms with Crippen molar-refractivity contribution < 1.29 is 9.84 Å². The number of aliphatic hydroxyl groups excluding tert-OH is 1. The number of hydrogen-bond acceptors (Lipinski definition) is 3. The van der Waals surface area contributed by atoms with Gasteiger partial charge in [-0.25, -0.2) is 0 Å². The minimum Gasteiger partial charge on any atom is -0.389 e. The highest BCUT2D eigenvalue weighted by Gasteiger charge is 2.05. The van der Waals surface area contributed by atoms with Gasteiger partial charge in [-0.3, -0.25) is 4.99 Å². The Bertz CT molecular complexity index is 424. The summed E-state index contributed by atoms with van der Waals surface area (Å²) in [6, 6.07) is 9.95. The van der Waals surface area contributed by atoms with E-state index in [2.05, 4.69) is 22.5 Å². The van der Waals surface area contributed by atoms with Crippen LogP contribution in [0, 0.1) is 0 Å². The van der Waals surface area contributed by atoms with Crippen molar-refractivity contribution in [3.8, 4) is 0 Å².